The van der Waals surface area contributed by atoms with E-state index in [9.17, 15) is 20.2 Å². The molecule has 0 amide bonds. The largest absolute Gasteiger partial charge is 0.378 e. The Morgan fingerprint density at radius 3 is 1.93 bits per heavy atom. The van der Waals surface area contributed by atoms with Gasteiger partial charge in [0.2, 0.25) is 0 Å². The molecule has 2 fully saturated rings. The first kappa shape index (κ1) is 30.2. The van der Waals surface area contributed by atoms with Crippen LogP contribution in [0.1, 0.15) is 119 Å². The van der Waals surface area contributed by atoms with Crippen LogP contribution in [0.4, 0.5) is 11.4 Å². The van der Waals surface area contributed by atoms with Crippen LogP contribution in [0, 0.1) is 32.1 Å². The Bertz CT molecular complexity index is 1050. The first-order valence-corrected chi connectivity index (χ1v) is 15.5. The van der Waals surface area contributed by atoms with Gasteiger partial charge in [-0.3, -0.25) is 20.2 Å². The highest BCUT2D eigenvalue weighted by Crippen LogP contribution is 2.36. The van der Waals surface area contributed by atoms with Gasteiger partial charge in [-0.2, -0.15) is 0 Å². The zero-order valence-corrected chi connectivity index (χ0v) is 24.1. The third-order valence-electron chi connectivity index (χ3n) is 9.17. The molecule has 4 rings (SSSR count). The molecule has 2 saturated carbocycles. The first-order valence-electron chi connectivity index (χ1n) is 15.5. The lowest BCUT2D eigenvalue weighted by Gasteiger charge is -2.32. The van der Waals surface area contributed by atoms with Crippen LogP contribution in [0.2, 0.25) is 0 Å². The van der Waals surface area contributed by atoms with E-state index in [1.54, 1.807) is 0 Å². The molecule has 2 aliphatic rings. The van der Waals surface area contributed by atoms with Gasteiger partial charge in [-0.05, 0) is 79.4 Å². The number of hydrogen-bond acceptors (Lipinski definition) is 5. The molecule has 40 heavy (non-hydrogen) atoms. The van der Waals surface area contributed by atoms with Gasteiger partial charge in [-0.15, -0.1) is 0 Å². The lowest BCUT2D eigenvalue weighted by molar-refractivity contribution is -0.394. The summed E-state index contributed by atoms with van der Waals surface area (Å²) < 4.78 is 6.41. The molecule has 0 spiro atoms. The maximum absolute atomic E-state index is 11.2. The molecule has 0 saturated heterocycles. The van der Waals surface area contributed by atoms with Crippen molar-refractivity contribution in [3.8, 4) is 0 Å². The van der Waals surface area contributed by atoms with Crippen molar-refractivity contribution in [2.75, 3.05) is 6.61 Å². The van der Waals surface area contributed by atoms with E-state index < -0.39 is 9.85 Å². The topological polar surface area (TPSA) is 95.5 Å². The van der Waals surface area contributed by atoms with Crippen LogP contribution in [0.25, 0.3) is 0 Å². The van der Waals surface area contributed by atoms with Gasteiger partial charge in [0.05, 0.1) is 22.0 Å². The highest BCUT2D eigenvalue weighted by atomic mass is 16.6. The standard InChI is InChI=1S/C33H46N2O5/c1-2-3-4-5-6-7-25-8-10-27(11-9-25)24-40-33-18-16-30(17-19-33)29-14-12-26(13-15-29)20-28-21-31(34(36)37)23-32(22-28)35(38)39/h12-15,21-23,25,27,30,33H,2-11,16-20,24H2,1H3. The fraction of sp³-hybridized carbons (Fsp3) is 0.636. The van der Waals surface area contributed by atoms with Crippen molar-refractivity contribution in [1.82, 2.24) is 0 Å². The molecule has 0 bridgehead atoms. The minimum atomic E-state index is -0.582. The van der Waals surface area contributed by atoms with Gasteiger partial charge in [0.15, 0.2) is 0 Å². The second kappa shape index (κ2) is 15.3. The molecular formula is C33H46N2O5. The van der Waals surface area contributed by atoms with E-state index in [2.05, 4.69) is 19.1 Å². The quantitative estimate of drug-likeness (QED) is 0.133. The van der Waals surface area contributed by atoms with Gasteiger partial charge in [0.25, 0.3) is 11.4 Å². The number of non-ortho nitro benzene ring substituents is 2. The molecule has 0 atom stereocenters. The summed E-state index contributed by atoms with van der Waals surface area (Å²) in [6.07, 6.45) is 19.1. The highest BCUT2D eigenvalue weighted by Gasteiger charge is 2.26. The lowest BCUT2D eigenvalue weighted by Crippen LogP contribution is -2.25. The van der Waals surface area contributed by atoms with E-state index in [0.717, 1.165) is 55.8 Å². The zero-order chi connectivity index (χ0) is 28.3. The number of nitro groups is 2. The fourth-order valence-corrected chi connectivity index (χ4v) is 6.67. The van der Waals surface area contributed by atoms with Crippen molar-refractivity contribution in [3.63, 3.8) is 0 Å². The summed E-state index contributed by atoms with van der Waals surface area (Å²) in [5.74, 6) is 2.22. The molecule has 218 valence electrons. The average molecular weight is 551 g/mol. The molecule has 0 aromatic heterocycles. The van der Waals surface area contributed by atoms with Crippen LogP contribution < -0.4 is 0 Å². The molecular weight excluding hydrogens is 504 g/mol. The normalized spacial score (nSPS) is 23.1. The van der Waals surface area contributed by atoms with Gasteiger partial charge in [0.1, 0.15) is 0 Å². The molecule has 0 aliphatic heterocycles. The Morgan fingerprint density at radius 1 is 0.725 bits per heavy atom. The third-order valence-corrected chi connectivity index (χ3v) is 9.17. The molecule has 2 aromatic rings. The molecule has 0 unspecified atom stereocenters. The number of nitro benzene ring substituents is 2. The molecule has 0 N–H and O–H groups in total. The van der Waals surface area contributed by atoms with E-state index in [0.29, 0.717) is 24.0 Å². The Balaban J connectivity index is 1.17. The van der Waals surface area contributed by atoms with E-state index in [4.69, 9.17) is 4.74 Å². The van der Waals surface area contributed by atoms with Crippen molar-refractivity contribution in [3.05, 3.63) is 79.4 Å². The maximum atomic E-state index is 11.2. The van der Waals surface area contributed by atoms with Crippen LogP contribution in [-0.2, 0) is 11.2 Å². The second-order valence-electron chi connectivity index (χ2n) is 12.2. The first-order chi connectivity index (χ1) is 19.4. The summed E-state index contributed by atoms with van der Waals surface area (Å²) in [6, 6.07) is 12.2. The van der Waals surface area contributed by atoms with Gasteiger partial charge in [-0.1, -0.05) is 82.6 Å². The average Bonchev–Trinajstić information content (AvgIpc) is 2.97. The van der Waals surface area contributed by atoms with Crippen LogP contribution in [0.3, 0.4) is 0 Å². The summed E-state index contributed by atoms with van der Waals surface area (Å²) in [4.78, 5) is 21.2. The van der Waals surface area contributed by atoms with Crippen molar-refractivity contribution in [1.29, 1.82) is 0 Å². The lowest BCUT2D eigenvalue weighted by atomic mass is 9.80. The number of hydrogen-bond donors (Lipinski definition) is 0. The van der Waals surface area contributed by atoms with E-state index in [-0.39, 0.29) is 11.4 Å². The Hall–Kier alpha value is -2.80. The number of ether oxygens (including phenoxy) is 1. The molecule has 0 radical (unpaired) electrons. The van der Waals surface area contributed by atoms with Crippen molar-refractivity contribution < 1.29 is 14.6 Å². The van der Waals surface area contributed by atoms with Crippen LogP contribution in [0.5, 0.6) is 0 Å². The molecule has 7 nitrogen and oxygen atoms in total. The van der Waals surface area contributed by atoms with Gasteiger partial charge >= 0.3 is 0 Å². The Kier molecular flexibility index (Phi) is 11.5. The van der Waals surface area contributed by atoms with E-state index in [1.807, 2.05) is 12.1 Å². The van der Waals surface area contributed by atoms with Crippen molar-refractivity contribution >= 4 is 11.4 Å². The molecule has 7 heteroatoms. The highest BCUT2D eigenvalue weighted by molar-refractivity contribution is 5.48. The Labute approximate surface area is 239 Å². The SMILES string of the molecule is CCCCCCCC1CCC(COC2CCC(c3ccc(Cc4cc([N+](=O)[O-])cc([N+](=O)[O-])c4)cc3)CC2)CC1. The second-order valence-corrected chi connectivity index (χ2v) is 12.2. The Morgan fingerprint density at radius 2 is 1.32 bits per heavy atom. The van der Waals surface area contributed by atoms with Crippen LogP contribution >= 0.6 is 0 Å². The summed E-state index contributed by atoms with van der Waals surface area (Å²) in [5, 5.41) is 22.4. The third kappa shape index (κ3) is 9.12. The number of nitrogens with zero attached hydrogens (tertiary/aromatic N) is 2. The van der Waals surface area contributed by atoms with Gasteiger partial charge in [0, 0.05) is 18.7 Å². The van der Waals surface area contributed by atoms with E-state index in [1.165, 1.54) is 81.9 Å². The van der Waals surface area contributed by atoms with Crippen LogP contribution in [-0.4, -0.2) is 22.6 Å². The maximum Gasteiger partial charge on any atom is 0.276 e. The van der Waals surface area contributed by atoms with Crippen LogP contribution in [0.15, 0.2) is 42.5 Å². The number of rotatable bonds is 14. The number of benzene rings is 2. The van der Waals surface area contributed by atoms with E-state index >= 15 is 0 Å². The van der Waals surface area contributed by atoms with Gasteiger partial charge in [-0.25, -0.2) is 0 Å². The fourth-order valence-electron chi connectivity index (χ4n) is 6.67. The monoisotopic (exact) mass is 550 g/mol. The molecule has 2 aromatic carbocycles. The van der Waals surface area contributed by atoms with Crippen molar-refractivity contribution in [2.45, 2.75) is 115 Å². The smallest absolute Gasteiger partial charge is 0.276 e. The predicted octanol–water partition coefficient (Wildman–Crippen LogP) is 9.30. The number of unbranched alkanes of at least 4 members (excludes halogenated alkanes) is 4. The molecule has 2 aliphatic carbocycles. The summed E-state index contributed by atoms with van der Waals surface area (Å²) in [6.45, 7) is 3.21. The van der Waals surface area contributed by atoms with Crippen molar-refractivity contribution in [2.24, 2.45) is 11.8 Å². The minimum absolute atomic E-state index is 0.249. The van der Waals surface area contributed by atoms with Gasteiger partial charge < -0.3 is 4.74 Å². The minimum Gasteiger partial charge on any atom is -0.378 e. The molecule has 0 heterocycles. The summed E-state index contributed by atoms with van der Waals surface area (Å²) in [5.41, 5.74) is 2.38. The summed E-state index contributed by atoms with van der Waals surface area (Å²) in [7, 11) is 0. The summed E-state index contributed by atoms with van der Waals surface area (Å²) >= 11 is 0. The zero-order valence-electron chi connectivity index (χ0n) is 24.1. The predicted molar refractivity (Wildman–Crippen MR) is 159 cm³/mol.